The molecule has 1 amide bonds. The number of aryl methyl sites for hydroxylation is 1. The normalized spacial score (nSPS) is 9.38. The van der Waals surface area contributed by atoms with Crippen molar-refractivity contribution in [3.05, 3.63) is 23.8 Å². The molecule has 0 saturated heterocycles. The van der Waals surface area contributed by atoms with Crippen LogP contribution in [0.15, 0.2) is 18.2 Å². The highest BCUT2D eigenvalue weighted by Crippen LogP contribution is 2.18. The lowest BCUT2D eigenvalue weighted by atomic mass is 10.1. The average molecular weight is 243 g/mol. The number of rotatable bonds is 4. The van der Waals surface area contributed by atoms with E-state index in [0.717, 1.165) is 24.1 Å². The summed E-state index contributed by atoms with van der Waals surface area (Å²) in [5, 5.41) is 2.87. The zero-order valence-corrected chi connectivity index (χ0v) is 10.6. The topological polar surface area (TPSA) is 55.1 Å². The molecule has 3 N–H and O–H groups in total. The number of unbranched alkanes of at least 4 members (excludes halogenated alkanes) is 1. The van der Waals surface area contributed by atoms with Crippen LogP contribution in [0.3, 0.4) is 0 Å². The van der Waals surface area contributed by atoms with E-state index in [0.29, 0.717) is 12.1 Å². The van der Waals surface area contributed by atoms with Crippen LogP contribution < -0.4 is 11.1 Å². The molecule has 0 fully saturated rings. The highest BCUT2D eigenvalue weighted by molar-refractivity contribution is 5.91. The van der Waals surface area contributed by atoms with E-state index < -0.39 is 0 Å². The first kappa shape index (κ1) is 14.8. The fraction of sp³-hybridized carbons (Fsp3) is 0.417. The second-order valence-corrected chi connectivity index (χ2v) is 3.73. The Morgan fingerprint density at radius 2 is 2.12 bits per heavy atom. The van der Waals surface area contributed by atoms with Gasteiger partial charge in [-0.25, -0.2) is 0 Å². The van der Waals surface area contributed by atoms with Crippen LogP contribution >= 0.6 is 12.4 Å². The third-order valence-electron chi connectivity index (χ3n) is 2.29. The van der Waals surface area contributed by atoms with Crippen molar-refractivity contribution < 1.29 is 4.79 Å². The number of halogens is 1. The molecule has 0 atom stereocenters. The van der Waals surface area contributed by atoms with Gasteiger partial charge in [0.05, 0.1) is 0 Å². The van der Waals surface area contributed by atoms with Gasteiger partial charge in [0.15, 0.2) is 0 Å². The van der Waals surface area contributed by atoms with Crippen LogP contribution in [-0.4, -0.2) is 5.91 Å². The minimum atomic E-state index is 0. The van der Waals surface area contributed by atoms with E-state index in [1.807, 2.05) is 19.1 Å². The second-order valence-electron chi connectivity index (χ2n) is 3.73. The number of nitrogens with one attached hydrogen (secondary N) is 1. The maximum Gasteiger partial charge on any atom is 0.224 e. The molecule has 0 unspecified atom stereocenters. The fourth-order valence-electron chi connectivity index (χ4n) is 1.32. The number of hydrogen-bond acceptors (Lipinski definition) is 2. The molecule has 1 aromatic carbocycles. The van der Waals surface area contributed by atoms with E-state index in [9.17, 15) is 4.79 Å². The van der Waals surface area contributed by atoms with Crippen molar-refractivity contribution in [1.82, 2.24) is 0 Å². The van der Waals surface area contributed by atoms with Gasteiger partial charge < -0.3 is 11.1 Å². The minimum Gasteiger partial charge on any atom is -0.399 e. The highest BCUT2D eigenvalue weighted by Gasteiger charge is 2.04. The van der Waals surface area contributed by atoms with Gasteiger partial charge >= 0.3 is 0 Å². The van der Waals surface area contributed by atoms with Gasteiger partial charge in [0.25, 0.3) is 0 Å². The van der Waals surface area contributed by atoms with Crippen LogP contribution in [0.5, 0.6) is 0 Å². The molecular formula is C12H19ClN2O. The first-order valence-corrected chi connectivity index (χ1v) is 5.29. The Morgan fingerprint density at radius 1 is 1.44 bits per heavy atom. The Bertz CT molecular complexity index is 353. The zero-order valence-electron chi connectivity index (χ0n) is 9.75. The lowest BCUT2D eigenvalue weighted by Crippen LogP contribution is -2.12. The van der Waals surface area contributed by atoms with Crippen LogP contribution in [0, 0.1) is 6.92 Å². The van der Waals surface area contributed by atoms with Crippen LogP contribution in [0.4, 0.5) is 11.4 Å². The summed E-state index contributed by atoms with van der Waals surface area (Å²) >= 11 is 0. The molecule has 0 aliphatic carbocycles. The monoisotopic (exact) mass is 242 g/mol. The van der Waals surface area contributed by atoms with Crippen LogP contribution in [0.2, 0.25) is 0 Å². The molecule has 4 heteroatoms. The molecule has 0 bridgehead atoms. The summed E-state index contributed by atoms with van der Waals surface area (Å²) in [6.07, 6.45) is 2.53. The minimum absolute atomic E-state index is 0. The summed E-state index contributed by atoms with van der Waals surface area (Å²) in [5.74, 6) is 0.0607. The SMILES string of the molecule is CCCCC(=O)Nc1cc(N)ccc1C.Cl. The second kappa shape index (κ2) is 7.12. The van der Waals surface area contributed by atoms with E-state index >= 15 is 0 Å². The third kappa shape index (κ3) is 4.53. The number of anilines is 2. The quantitative estimate of drug-likeness (QED) is 0.797. The zero-order chi connectivity index (χ0) is 11.3. The summed E-state index contributed by atoms with van der Waals surface area (Å²) in [7, 11) is 0. The lowest BCUT2D eigenvalue weighted by molar-refractivity contribution is -0.116. The van der Waals surface area contributed by atoms with E-state index in [1.165, 1.54) is 0 Å². The van der Waals surface area contributed by atoms with Crippen molar-refractivity contribution in [2.45, 2.75) is 33.1 Å². The molecule has 0 spiro atoms. The molecule has 90 valence electrons. The number of nitrogen functional groups attached to an aromatic ring is 1. The van der Waals surface area contributed by atoms with Gasteiger partial charge in [-0.1, -0.05) is 19.4 Å². The fourth-order valence-corrected chi connectivity index (χ4v) is 1.32. The van der Waals surface area contributed by atoms with Crippen molar-refractivity contribution in [3.63, 3.8) is 0 Å². The summed E-state index contributed by atoms with van der Waals surface area (Å²) in [5.41, 5.74) is 8.18. The molecule has 0 saturated carbocycles. The average Bonchev–Trinajstić information content (AvgIpc) is 2.20. The molecule has 1 aromatic rings. The van der Waals surface area contributed by atoms with Gasteiger partial charge in [0.2, 0.25) is 5.91 Å². The smallest absolute Gasteiger partial charge is 0.224 e. The van der Waals surface area contributed by atoms with Crippen LogP contribution in [0.25, 0.3) is 0 Å². The van der Waals surface area contributed by atoms with Gasteiger partial charge in [-0.05, 0) is 31.0 Å². The Balaban J connectivity index is 0.00000225. The molecule has 0 radical (unpaired) electrons. The maximum atomic E-state index is 11.5. The Labute approximate surface area is 103 Å². The summed E-state index contributed by atoms with van der Waals surface area (Å²) in [6, 6.07) is 5.53. The molecule has 0 aromatic heterocycles. The Hall–Kier alpha value is -1.22. The van der Waals surface area contributed by atoms with Crippen molar-refractivity contribution >= 4 is 29.7 Å². The molecule has 16 heavy (non-hydrogen) atoms. The largest absolute Gasteiger partial charge is 0.399 e. The van der Waals surface area contributed by atoms with E-state index in [1.54, 1.807) is 6.07 Å². The number of nitrogens with two attached hydrogens (primary N) is 1. The van der Waals surface area contributed by atoms with Crippen molar-refractivity contribution in [1.29, 1.82) is 0 Å². The first-order chi connectivity index (χ1) is 7.13. The first-order valence-electron chi connectivity index (χ1n) is 5.29. The lowest BCUT2D eigenvalue weighted by Gasteiger charge is -2.08. The number of carbonyl (C=O) groups excluding carboxylic acids is 1. The predicted molar refractivity (Wildman–Crippen MR) is 71.0 cm³/mol. The summed E-state index contributed by atoms with van der Waals surface area (Å²) < 4.78 is 0. The summed E-state index contributed by atoms with van der Waals surface area (Å²) in [6.45, 7) is 4.02. The van der Waals surface area contributed by atoms with Crippen molar-refractivity contribution in [3.8, 4) is 0 Å². The van der Waals surface area contributed by atoms with Gasteiger partial charge in [0.1, 0.15) is 0 Å². The van der Waals surface area contributed by atoms with Gasteiger partial charge in [-0.15, -0.1) is 12.4 Å². The van der Waals surface area contributed by atoms with Crippen LogP contribution in [0.1, 0.15) is 31.7 Å². The number of benzene rings is 1. The standard InChI is InChI=1S/C12H18N2O.ClH/c1-3-4-5-12(15)14-11-8-10(13)7-6-9(11)2;/h6-8H,3-5,13H2,1-2H3,(H,14,15);1H. The van der Waals surface area contributed by atoms with Gasteiger partial charge in [0, 0.05) is 17.8 Å². The molecule has 0 aliphatic heterocycles. The third-order valence-corrected chi connectivity index (χ3v) is 2.29. The molecule has 0 aliphatic rings. The van der Waals surface area contributed by atoms with Gasteiger partial charge in [-0.3, -0.25) is 4.79 Å². The van der Waals surface area contributed by atoms with Crippen molar-refractivity contribution in [2.24, 2.45) is 0 Å². The predicted octanol–water partition coefficient (Wildman–Crippen LogP) is 3.13. The molecular weight excluding hydrogens is 224 g/mol. The van der Waals surface area contributed by atoms with Gasteiger partial charge in [-0.2, -0.15) is 0 Å². The van der Waals surface area contributed by atoms with E-state index in [2.05, 4.69) is 12.2 Å². The van der Waals surface area contributed by atoms with E-state index in [4.69, 9.17) is 5.73 Å². The number of amides is 1. The van der Waals surface area contributed by atoms with Crippen molar-refractivity contribution in [2.75, 3.05) is 11.1 Å². The molecule has 1 rings (SSSR count). The molecule has 3 nitrogen and oxygen atoms in total. The maximum absolute atomic E-state index is 11.5. The van der Waals surface area contributed by atoms with Crippen LogP contribution in [-0.2, 0) is 4.79 Å². The Morgan fingerprint density at radius 3 is 2.75 bits per heavy atom. The Kier molecular flexibility index (Phi) is 6.58. The number of carbonyl (C=O) groups is 1. The van der Waals surface area contributed by atoms with E-state index in [-0.39, 0.29) is 18.3 Å². The number of hydrogen-bond donors (Lipinski definition) is 2. The highest BCUT2D eigenvalue weighted by atomic mass is 35.5. The summed E-state index contributed by atoms with van der Waals surface area (Å²) in [4.78, 5) is 11.5. The molecule has 0 heterocycles.